The molecule has 1 fully saturated rings. The molecule has 1 aliphatic rings. The van der Waals surface area contributed by atoms with E-state index in [2.05, 4.69) is 5.32 Å². The van der Waals surface area contributed by atoms with Crippen LogP contribution in [-0.4, -0.2) is 49.0 Å². The first-order valence-electron chi connectivity index (χ1n) is 8.19. The molecule has 0 bridgehead atoms. The van der Waals surface area contributed by atoms with Gasteiger partial charge in [0.2, 0.25) is 5.75 Å². The molecule has 2 aromatic rings. The Kier molecular flexibility index (Phi) is 5.33. The molecule has 0 aliphatic carbocycles. The fourth-order valence-electron chi connectivity index (χ4n) is 2.70. The molecule has 1 amide bonds. The lowest BCUT2D eigenvalue weighted by Gasteiger charge is -2.27. The third-order valence-electron chi connectivity index (χ3n) is 4.09. The van der Waals surface area contributed by atoms with Crippen LogP contribution in [0.4, 0.5) is 5.69 Å². The molecule has 1 aliphatic heterocycles. The molecule has 0 spiro atoms. The number of nitrogens with zero attached hydrogens (tertiary/aromatic N) is 2. The number of hydrogen-bond acceptors (Lipinski definition) is 6. The first-order valence-corrected chi connectivity index (χ1v) is 8.19. The number of ether oxygens (including phenoxy) is 2. The Labute approximate surface area is 150 Å². The van der Waals surface area contributed by atoms with Crippen LogP contribution in [0.25, 0.3) is 0 Å². The first-order chi connectivity index (χ1) is 12.6. The van der Waals surface area contributed by atoms with Crippen LogP contribution in [0.5, 0.6) is 17.2 Å². The molecule has 0 radical (unpaired) electrons. The van der Waals surface area contributed by atoms with Crippen molar-refractivity contribution in [3.8, 4) is 17.2 Å². The van der Waals surface area contributed by atoms with E-state index >= 15 is 0 Å². The van der Waals surface area contributed by atoms with Crippen LogP contribution in [0.1, 0.15) is 10.4 Å². The summed E-state index contributed by atoms with van der Waals surface area (Å²) >= 11 is 0. The fraction of sp³-hybridized carbons (Fsp3) is 0.278. The van der Waals surface area contributed by atoms with E-state index in [0.29, 0.717) is 37.7 Å². The van der Waals surface area contributed by atoms with Gasteiger partial charge in [-0.3, -0.25) is 14.9 Å². The highest BCUT2D eigenvalue weighted by atomic mass is 16.6. The summed E-state index contributed by atoms with van der Waals surface area (Å²) in [5.74, 6) is 0.960. The average molecular weight is 357 g/mol. The van der Waals surface area contributed by atoms with Crippen LogP contribution in [0.3, 0.4) is 0 Å². The Balaban J connectivity index is 1.84. The van der Waals surface area contributed by atoms with Crippen molar-refractivity contribution in [3.05, 3.63) is 58.1 Å². The highest BCUT2D eigenvalue weighted by Gasteiger charge is 2.23. The maximum Gasteiger partial charge on any atom is 0.312 e. The van der Waals surface area contributed by atoms with Gasteiger partial charge in [0.25, 0.3) is 5.91 Å². The summed E-state index contributed by atoms with van der Waals surface area (Å²) in [6.45, 7) is 2.59. The SMILES string of the molecule is COc1ccc(Oc2ccc(C(=O)N3CCNCC3)cc2[N+](=O)[O-])cc1. The predicted molar refractivity (Wildman–Crippen MR) is 94.9 cm³/mol. The number of amides is 1. The van der Waals surface area contributed by atoms with E-state index in [1.54, 1.807) is 42.3 Å². The topological polar surface area (TPSA) is 93.9 Å². The highest BCUT2D eigenvalue weighted by molar-refractivity contribution is 5.95. The largest absolute Gasteiger partial charge is 0.497 e. The van der Waals surface area contributed by atoms with Gasteiger partial charge >= 0.3 is 5.69 Å². The summed E-state index contributed by atoms with van der Waals surface area (Å²) < 4.78 is 10.7. The molecule has 0 unspecified atom stereocenters. The molecule has 1 heterocycles. The van der Waals surface area contributed by atoms with Crippen LogP contribution < -0.4 is 14.8 Å². The molecule has 3 rings (SSSR count). The monoisotopic (exact) mass is 357 g/mol. The van der Waals surface area contributed by atoms with E-state index in [1.807, 2.05) is 0 Å². The zero-order valence-electron chi connectivity index (χ0n) is 14.3. The van der Waals surface area contributed by atoms with E-state index in [1.165, 1.54) is 12.1 Å². The van der Waals surface area contributed by atoms with Gasteiger partial charge in [-0.15, -0.1) is 0 Å². The molecule has 136 valence electrons. The van der Waals surface area contributed by atoms with E-state index in [9.17, 15) is 14.9 Å². The van der Waals surface area contributed by atoms with Crippen molar-refractivity contribution in [2.24, 2.45) is 0 Å². The van der Waals surface area contributed by atoms with Gasteiger partial charge in [-0.25, -0.2) is 0 Å². The van der Waals surface area contributed by atoms with Gasteiger partial charge in [-0.2, -0.15) is 0 Å². The number of nitrogens with one attached hydrogen (secondary N) is 1. The second kappa shape index (κ2) is 7.83. The number of nitro benzene ring substituents is 1. The molecule has 8 heteroatoms. The van der Waals surface area contributed by atoms with Gasteiger partial charge in [0.05, 0.1) is 12.0 Å². The molecule has 0 saturated carbocycles. The smallest absolute Gasteiger partial charge is 0.312 e. The molecule has 26 heavy (non-hydrogen) atoms. The Bertz CT molecular complexity index is 801. The zero-order valence-corrected chi connectivity index (χ0v) is 14.3. The van der Waals surface area contributed by atoms with Crippen LogP contribution in [0, 0.1) is 10.1 Å². The number of nitro groups is 1. The second-order valence-electron chi connectivity index (χ2n) is 5.76. The van der Waals surface area contributed by atoms with Crippen molar-refractivity contribution in [1.29, 1.82) is 0 Å². The quantitative estimate of drug-likeness (QED) is 0.652. The predicted octanol–water partition coefficient (Wildman–Crippen LogP) is 2.44. The van der Waals surface area contributed by atoms with Gasteiger partial charge in [-0.05, 0) is 36.4 Å². The summed E-state index contributed by atoms with van der Waals surface area (Å²) in [6.07, 6.45) is 0. The van der Waals surface area contributed by atoms with Gasteiger partial charge in [-0.1, -0.05) is 0 Å². The van der Waals surface area contributed by atoms with Crippen molar-refractivity contribution in [1.82, 2.24) is 10.2 Å². The second-order valence-corrected chi connectivity index (χ2v) is 5.76. The number of rotatable bonds is 5. The van der Waals surface area contributed by atoms with Gasteiger partial charge in [0.15, 0.2) is 0 Å². The lowest BCUT2D eigenvalue weighted by molar-refractivity contribution is -0.385. The average Bonchev–Trinajstić information content (AvgIpc) is 2.69. The fourth-order valence-corrected chi connectivity index (χ4v) is 2.70. The van der Waals surface area contributed by atoms with Crippen molar-refractivity contribution < 1.29 is 19.2 Å². The molecule has 1 saturated heterocycles. The summed E-state index contributed by atoms with van der Waals surface area (Å²) in [4.78, 5) is 25.1. The maximum atomic E-state index is 12.5. The number of benzene rings is 2. The first kappa shape index (κ1) is 17.7. The lowest BCUT2D eigenvalue weighted by atomic mass is 10.1. The zero-order chi connectivity index (χ0) is 18.5. The normalized spacial score (nSPS) is 14.0. The molecule has 0 atom stereocenters. The van der Waals surface area contributed by atoms with Crippen molar-refractivity contribution in [2.75, 3.05) is 33.3 Å². The van der Waals surface area contributed by atoms with E-state index in [0.717, 1.165) is 0 Å². The molecule has 0 aromatic heterocycles. The summed E-state index contributed by atoms with van der Waals surface area (Å²) in [5.41, 5.74) is 0.0301. The minimum atomic E-state index is -0.548. The Morgan fingerprint density at radius 2 is 1.77 bits per heavy atom. The van der Waals surface area contributed by atoms with Crippen LogP contribution in [-0.2, 0) is 0 Å². The van der Waals surface area contributed by atoms with E-state index in [4.69, 9.17) is 9.47 Å². The highest BCUT2D eigenvalue weighted by Crippen LogP contribution is 2.33. The minimum absolute atomic E-state index is 0.0806. The minimum Gasteiger partial charge on any atom is -0.497 e. The standard InChI is InChI=1S/C18H19N3O5/c1-25-14-3-5-15(6-4-14)26-17-7-2-13(12-16(17)21(23)24)18(22)20-10-8-19-9-11-20/h2-7,12,19H,8-11H2,1H3. The molecule has 2 aromatic carbocycles. The maximum absolute atomic E-state index is 12.5. The number of piperazine rings is 1. The van der Waals surface area contributed by atoms with E-state index < -0.39 is 4.92 Å². The molecular weight excluding hydrogens is 338 g/mol. The number of carbonyl (C=O) groups excluding carboxylic acids is 1. The Morgan fingerprint density at radius 3 is 2.38 bits per heavy atom. The summed E-state index contributed by atoms with van der Waals surface area (Å²) in [5, 5.41) is 14.6. The Hall–Kier alpha value is -3.13. The number of methoxy groups -OCH3 is 1. The number of hydrogen-bond donors (Lipinski definition) is 1. The third-order valence-corrected chi connectivity index (χ3v) is 4.09. The summed E-state index contributed by atoms with van der Waals surface area (Å²) in [7, 11) is 1.55. The van der Waals surface area contributed by atoms with Crippen LogP contribution >= 0.6 is 0 Å². The van der Waals surface area contributed by atoms with E-state index in [-0.39, 0.29) is 22.9 Å². The molecule has 1 N–H and O–H groups in total. The van der Waals surface area contributed by atoms with Crippen molar-refractivity contribution in [2.45, 2.75) is 0 Å². The van der Waals surface area contributed by atoms with Gasteiger partial charge < -0.3 is 19.7 Å². The van der Waals surface area contributed by atoms with Gasteiger partial charge in [0.1, 0.15) is 11.5 Å². The van der Waals surface area contributed by atoms with Crippen molar-refractivity contribution >= 4 is 11.6 Å². The third kappa shape index (κ3) is 3.92. The van der Waals surface area contributed by atoms with Crippen LogP contribution in [0.2, 0.25) is 0 Å². The molecular formula is C18H19N3O5. The van der Waals surface area contributed by atoms with Gasteiger partial charge in [0, 0.05) is 37.8 Å². The van der Waals surface area contributed by atoms with Crippen molar-refractivity contribution in [3.63, 3.8) is 0 Å². The summed E-state index contributed by atoms with van der Waals surface area (Å²) in [6, 6.07) is 11.0. The Morgan fingerprint density at radius 1 is 1.12 bits per heavy atom. The lowest BCUT2D eigenvalue weighted by Crippen LogP contribution is -2.46. The van der Waals surface area contributed by atoms with Crippen LogP contribution in [0.15, 0.2) is 42.5 Å². The number of carbonyl (C=O) groups is 1. The molecule has 8 nitrogen and oxygen atoms in total.